The molecule has 1 aromatic heterocycles. The van der Waals surface area contributed by atoms with Crippen LogP contribution in [0.1, 0.15) is 44.9 Å². The monoisotopic (exact) mass is 292 g/mol. The molecule has 1 N–H and O–H groups in total. The van der Waals surface area contributed by atoms with Crippen LogP contribution in [0.2, 0.25) is 0 Å². The number of hydrogen-bond donors (Lipinski definition) is 1. The molecule has 0 radical (unpaired) electrons. The van der Waals surface area contributed by atoms with Crippen LogP contribution < -0.4 is 16.6 Å². The fourth-order valence-electron chi connectivity index (χ4n) is 3.97. The Balaban J connectivity index is 1.66. The van der Waals surface area contributed by atoms with Crippen LogP contribution in [0.3, 0.4) is 0 Å². The van der Waals surface area contributed by atoms with Crippen molar-refractivity contribution in [2.24, 2.45) is 25.4 Å². The van der Waals surface area contributed by atoms with Gasteiger partial charge in [0.1, 0.15) is 0 Å². The summed E-state index contributed by atoms with van der Waals surface area (Å²) in [4.78, 5) is 23.6. The summed E-state index contributed by atoms with van der Waals surface area (Å²) < 4.78 is 2.30. The van der Waals surface area contributed by atoms with Crippen molar-refractivity contribution in [3.63, 3.8) is 0 Å². The Bertz CT molecular complexity index is 624. The minimum absolute atomic E-state index is 0.278. The predicted molar refractivity (Wildman–Crippen MR) is 81.5 cm³/mol. The molecule has 1 aromatic rings. The van der Waals surface area contributed by atoms with E-state index in [0.29, 0.717) is 5.41 Å². The van der Waals surface area contributed by atoms with Gasteiger partial charge in [0.05, 0.1) is 0 Å². The van der Waals surface area contributed by atoms with E-state index >= 15 is 0 Å². The number of aryl methyl sites for hydroxylation is 1. The van der Waals surface area contributed by atoms with E-state index in [4.69, 9.17) is 0 Å². The standard InChI is InChI=1S/C15H24N4O2/c1-18-13(20)12(17-19(2)14(18)21)16-10-9-15-6-3-11(4-7-15)5-8-15/h11H,3-10H2,1-2H3,(H,16,17). The first-order chi connectivity index (χ1) is 10.0. The van der Waals surface area contributed by atoms with Crippen molar-refractivity contribution in [1.82, 2.24) is 14.3 Å². The fraction of sp³-hybridized carbons (Fsp3) is 0.800. The van der Waals surface area contributed by atoms with Crippen molar-refractivity contribution in [2.45, 2.75) is 44.9 Å². The third-order valence-corrected chi connectivity index (χ3v) is 5.52. The van der Waals surface area contributed by atoms with Crippen LogP contribution in [0.4, 0.5) is 5.82 Å². The van der Waals surface area contributed by atoms with Crippen LogP contribution in [0, 0.1) is 11.3 Å². The Kier molecular flexibility index (Phi) is 3.63. The summed E-state index contributed by atoms with van der Waals surface area (Å²) in [6.07, 6.45) is 9.21. The van der Waals surface area contributed by atoms with Gasteiger partial charge in [-0.2, -0.15) is 0 Å². The zero-order chi connectivity index (χ0) is 15.0. The Morgan fingerprint density at radius 2 is 1.81 bits per heavy atom. The van der Waals surface area contributed by atoms with Gasteiger partial charge in [0.15, 0.2) is 0 Å². The van der Waals surface area contributed by atoms with Crippen LogP contribution in [0.25, 0.3) is 0 Å². The van der Waals surface area contributed by atoms with Gasteiger partial charge in [-0.1, -0.05) is 0 Å². The molecule has 0 spiro atoms. The number of nitrogens with one attached hydrogen (secondary N) is 1. The number of hydrogen-bond acceptors (Lipinski definition) is 4. The molecule has 0 aliphatic heterocycles. The lowest BCUT2D eigenvalue weighted by Gasteiger charge is -2.46. The minimum Gasteiger partial charge on any atom is -0.364 e. The molecule has 1 heterocycles. The predicted octanol–water partition coefficient (Wildman–Crippen LogP) is 1.25. The maximum atomic E-state index is 12.0. The molecule has 0 saturated heterocycles. The van der Waals surface area contributed by atoms with Gasteiger partial charge in [0.25, 0.3) is 5.56 Å². The molecule has 0 atom stereocenters. The highest BCUT2D eigenvalue weighted by Crippen LogP contribution is 2.51. The van der Waals surface area contributed by atoms with Crippen LogP contribution >= 0.6 is 0 Å². The summed E-state index contributed by atoms with van der Waals surface area (Å²) in [7, 11) is 3.05. The van der Waals surface area contributed by atoms with Crippen molar-refractivity contribution in [1.29, 1.82) is 0 Å². The van der Waals surface area contributed by atoms with Crippen molar-refractivity contribution in [3.8, 4) is 0 Å². The third-order valence-electron chi connectivity index (χ3n) is 5.52. The quantitative estimate of drug-likeness (QED) is 0.907. The van der Waals surface area contributed by atoms with Gasteiger partial charge >= 0.3 is 5.69 Å². The van der Waals surface area contributed by atoms with E-state index in [2.05, 4.69) is 10.4 Å². The second kappa shape index (κ2) is 5.31. The SMILES string of the molecule is Cn1nc(NCCC23CCC(CC2)CC3)c(=O)n(C)c1=O. The molecule has 0 aromatic carbocycles. The molecule has 4 rings (SSSR count). The lowest BCUT2D eigenvalue weighted by atomic mass is 9.59. The van der Waals surface area contributed by atoms with Crippen LogP contribution in [0.5, 0.6) is 0 Å². The molecular formula is C15H24N4O2. The van der Waals surface area contributed by atoms with E-state index in [1.807, 2.05) is 0 Å². The van der Waals surface area contributed by atoms with Gasteiger partial charge in [-0.3, -0.25) is 9.36 Å². The molecule has 0 amide bonds. The number of aromatic nitrogens is 3. The lowest BCUT2D eigenvalue weighted by Crippen LogP contribution is -2.40. The average molecular weight is 292 g/mol. The van der Waals surface area contributed by atoms with Gasteiger partial charge in [-0.05, 0) is 56.3 Å². The van der Waals surface area contributed by atoms with E-state index in [-0.39, 0.29) is 11.4 Å². The van der Waals surface area contributed by atoms with Gasteiger partial charge in [-0.25, -0.2) is 9.48 Å². The first kappa shape index (κ1) is 14.4. The number of nitrogens with zero attached hydrogens (tertiary/aromatic N) is 3. The normalized spacial score (nSPS) is 27.8. The summed E-state index contributed by atoms with van der Waals surface area (Å²) in [5.74, 6) is 1.25. The van der Waals surface area contributed by atoms with E-state index < -0.39 is 5.69 Å². The molecule has 2 bridgehead atoms. The summed E-state index contributed by atoms with van der Waals surface area (Å²) in [5, 5.41) is 7.18. The Morgan fingerprint density at radius 1 is 1.19 bits per heavy atom. The Hall–Kier alpha value is -1.59. The zero-order valence-corrected chi connectivity index (χ0v) is 12.9. The molecule has 116 valence electrons. The maximum Gasteiger partial charge on any atom is 0.346 e. The fourth-order valence-corrected chi connectivity index (χ4v) is 3.97. The van der Waals surface area contributed by atoms with Crippen molar-refractivity contribution >= 4 is 5.82 Å². The summed E-state index contributed by atoms with van der Waals surface area (Å²) in [5.41, 5.74) is -0.258. The van der Waals surface area contributed by atoms with Crippen LogP contribution in [-0.4, -0.2) is 20.9 Å². The smallest absolute Gasteiger partial charge is 0.346 e. The highest BCUT2D eigenvalue weighted by atomic mass is 16.2. The molecule has 0 unspecified atom stereocenters. The Morgan fingerprint density at radius 3 is 2.43 bits per heavy atom. The minimum atomic E-state index is -0.394. The molecule has 3 saturated carbocycles. The first-order valence-electron chi connectivity index (χ1n) is 7.89. The molecular weight excluding hydrogens is 268 g/mol. The lowest BCUT2D eigenvalue weighted by molar-refractivity contribution is 0.0600. The van der Waals surface area contributed by atoms with Crippen molar-refractivity contribution < 1.29 is 0 Å². The van der Waals surface area contributed by atoms with Gasteiger partial charge < -0.3 is 5.32 Å². The molecule has 6 nitrogen and oxygen atoms in total. The second-order valence-corrected chi connectivity index (χ2v) is 6.78. The van der Waals surface area contributed by atoms with E-state index in [1.165, 1.54) is 50.3 Å². The topological polar surface area (TPSA) is 68.9 Å². The zero-order valence-electron chi connectivity index (χ0n) is 12.9. The molecule has 3 fully saturated rings. The largest absolute Gasteiger partial charge is 0.364 e. The molecule has 6 heteroatoms. The molecule has 3 aliphatic rings. The molecule has 3 aliphatic carbocycles. The van der Waals surface area contributed by atoms with E-state index in [9.17, 15) is 9.59 Å². The second-order valence-electron chi connectivity index (χ2n) is 6.78. The van der Waals surface area contributed by atoms with E-state index in [0.717, 1.165) is 23.5 Å². The first-order valence-corrected chi connectivity index (χ1v) is 7.89. The number of fused-ring (bicyclic) bond motifs is 3. The van der Waals surface area contributed by atoms with Gasteiger partial charge in [0.2, 0.25) is 5.82 Å². The maximum absolute atomic E-state index is 12.0. The Labute approximate surface area is 124 Å². The van der Waals surface area contributed by atoms with E-state index in [1.54, 1.807) is 7.05 Å². The summed E-state index contributed by atoms with van der Waals surface area (Å²) in [6, 6.07) is 0. The van der Waals surface area contributed by atoms with Gasteiger partial charge in [-0.15, -0.1) is 5.10 Å². The van der Waals surface area contributed by atoms with Crippen molar-refractivity contribution in [3.05, 3.63) is 20.8 Å². The van der Waals surface area contributed by atoms with Crippen LogP contribution in [0.15, 0.2) is 9.59 Å². The summed E-state index contributed by atoms with van der Waals surface area (Å²) in [6.45, 7) is 0.755. The van der Waals surface area contributed by atoms with Crippen LogP contribution in [-0.2, 0) is 14.1 Å². The number of rotatable bonds is 4. The van der Waals surface area contributed by atoms with Crippen molar-refractivity contribution in [2.75, 3.05) is 11.9 Å². The third kappa shape index (κ3) is 2.63. The summed E-state index contributed by atoms with van der Waals surface area (Å²) >= 11 is 0. The average Bonchev–Trinajstić information content (AvgIpc) is 2.52. The number of anilines is 1. The highest BCUT2D eigenvalue weighted by Gasteiger charge is 2.39. The molecule has 21 heavy (non-hydrogen) atoms. The highest BCUT2D eigenvalue weighted by molar-refractivity contribution is 5.29. The van der Waals surface area contributed by atoms with Gasteiger partial charge in [0, 0.05) is 20.6 Å².